The van der Waals surface area contributed by atoms with Crippen molar-refractivity contribution in [1.82, 2.24) is 5.43 Å². The molecular weight excluding hydrogens is 288 g/mol. The molecule has 0 aliphatic rings. The number of rotatable bonds is 8. The third kappa shape index (κ3) is 5.09. The number of halogens is 1. The highest BCUT2D eigenvalue weighted by Crippen LogP contribution is 2.27. The van der Waals surface area contributed by atoms with E-state index in [0.29, 0.717) is 0 Å². The highest BCUT2D eigenvalue weighted by molar-refractivity contribution is 9.10. The normalized spacial score (nSPS) is 12.7. The van der Waals surface area contributed by atoms with E-state index in [-0.39, 0.29) is 6.04 Å². The fourth-order valence-electron chi connectivity index (χ4n) is 2.21. The summed E-state index contributed by atoms with van der Waals surface area (Å²) in [5, 5.41) is 0. The van der Waals surface area contributed by atoms with Gasteiger partial charge in [0.05, 0.1) is 0 Å². The van der Waals surface area contributed by atoms with Crippen molar-refractivity contribution in [2.45, 2.75) is 58.4 Å². The second-order valence-electron chi connectivity index (χ2n) is 4.95. The van der Waals surface area contributed by atoms with Crippen LogP contribution in [-0.4, -0.2) is 0 Å². The molecule has 1 aromatic carbocycles. The number of benzene rings is 1. The molecule has 0 fully saturated rings. The summed E-state index contributed by atoms with van der Waals surface area (Å²) in [6.45, 7) is 4.36. The Bertz CT molecular complexity index is 352. The first-order valence-electron chi connectivity index (χ1n) is 6.91. The molecule has 0 aliphatic carbocycles. The predicted octanol–water partition coefficient (Wildman–Crippen LogP) is 4.62. The second kappa shape index (κ2) is 8.68. The molecule has 102 valence electrons. The summed E-state index contributed by atoms with van der Waals surface area (Å²) in [7, 11) is 0. The van der Waals surface area contributed by atoms with Crippen molar-refractivity contribution in [3.05, 3.63) is 33.8 Å². The first-order chi connectivity index (χ1) is 8.69. The Morgan fingerprint density at radius 1 is 1.22 bits per heavy atom. The van der Waals surface area contributed by atoms with Crippen LogP contribution in [0.2, 0.25) is 0 Å². The minimum atomic E-state index is 0.251. The molecule has 0 amide bonds. The fourth-order valence-corrected chi connectivity index (χ4v) is 2.73. The lowest BCUT2D eigenvalue weighted by molar-refractivity contribution is 0.477. The van der Waals surface area contributed by atoms with Crippen molar-refractivity contribution in [2.75, 3.05) is 0 Å². The first kappa shape index (κ1) is 15.7. The Morgan fingerprint density at radius 3 is 2.61 bits per heavy atom. The minimum absolute atomic E-state index is 0.251. The number of hydrazine groups is 1. The lowest BCUT2D eigenvalue weighted by atomic mass is 9.99. The van der Waals surface area contributed by atoms with E-state index in [0.717, 1.165) is 10.9 Å². The van der Waals surface area contributed by atoms with E-state index in [1.54, 1.807) is 0 Å². The van der Waals surface area contributed by atoms with Crippen LogP contribution >= 0.6 is 15.9 Å². The molecule has 3 N–H and O–H groups in total. The van der Waals surface area contributed by atoms with Gasteiger partial charge in [-0.25, -0.2) is 0 Å². The molecule has 0 aliphatic heterocycles. The Labute approximate surface area is 119 Å². The van der Waals surface area contributed by atoms with E-state index >= 15 is 0 Å². The summed E-state index contributed by atoms with van der Waals surface area (Å²) in [5.74, 6) is 5.69. The number of nitrogens with two attached hydrogens (primary N) is 1. The van der Waals surface area contributed by atoms with Crippen LogP contribution in [0.15, 0.2) is 22.7 Å². The lowest BCUT2D eigenvalue weighted by Gasteiger charge is -2.18. The lowest BCUT2D eigenvalue weighted by Crippen LogP contribution is -2.28. The summed E-state index contributed by atoms with van der Waals surface area (Å²) >= 11 is 3.61. The van der Waals surface area contributed by atoms with Crippen LogP contribution in [0.1, 0.15) is 62.6 Å². The van der Waals surface area contributed by atoms with E-state index < -0.39 is 0 Å². The largest absolute Gasteiger partial charge is 0.271 e. The van der Waals surface area contributed by atoms with Gasteiger partial charge in [-0.05, 0) is 25.0 Å². The molecule has 1 rings (SSSR count). The molecule has 1 atom stereocenters. The molecule has 18 heavy (non-hydrogen) atoms. The van der Waals surface area contributed by atoms with Gasteiger partial charge in [-0.3, -0.25) is 11.3 Å². The van der Waals surface area contributed by atoms with Crippen molar-refractivity contribution in [3.63, 3.8) is 0 Å². The summed E-state index contributed by atoms with van der Waals surface area (Å²) in [6.07, 6.45) is 7.60. The highest BCUT2D eigenvalue weighted by atomic mass is 79.9. The zero-order chi connectivity index (χ0) is 13.4. The van der Waals surface area contributed by atoms with Gasteiger partial charge in [-0.15, -0.1) is 0 Å². The van der Waals surface area contributed by atoms with Gasteiger partial charge in [0.15, 0.2) is 0 Å². The van der Waals surface area contributed by atoms with Crippen LogP contribution in [0, 0.1) is 6.92 Å². The predicted molar refractivity (Wildman–Crippen MR) is 82.3 cm³/mol. The van der Waals surface area contributed by atoms with Crippen molar-refractivity contribution >= 4 is 15.9 Å². The molecule has 0 aromatic heterocycles. The Kier molecular flexibility index (Phi) is 7.56. The number of unbranched alkanes of at least 4 members (excludes halogenated alkanes) is 4. The Hall–Kier alpha value is -0.380. The average Bonchev–Trinajstić information content (AvgIpc) is 2.37. The van der Waals surface area contributed by atoms with Crippen LogP contribution in [0.4, 0.5) is 0 Å². The number of nitrogens with one attached hydrogen (secondary N) is 1. The third-order valence-corrected chi connectivity index (χ3v) is 4.05. The zero-order valence-corrected chi connectivity index (χ0v) is 13.1. The maximum atomic E-state index is 5.69. The maximum Gasteiger partial charge on any atom is 0.0471 e. The number of aryl methyl sites for hydroxylation is 1. The van der Waals surface area contributed by atoms with Gasteiger partial charge < -0.3 is 0 Å². The quantitative estimate of drug-likeness (QED) is 0.417. The summed E-state index contributed by atoms with van der Waals surface area (Å²) in [6, 6.07) is 6.68. The summed E-state index contributed by atoms with van der Waals surface area (Å²) in [5.41, 5.74) is 5.50. The molecule has 0 bridgehead atoms. The fraction of sp³-hybridized carbons (Fsp3) is 0.600. The molecule has 0 spiro atoms. The highest BCUT2D eigenvalue weighted by Gasteiger charge is 2.12. The molecule has 0 radical (unpaired) electrons. The van der Waals surface area contributed by atoms with Gasteiger partial charge in [0.2, 0.25) is 0 Å². The molecule has 2 nitrogen and oxygen atoms in total. The average molecular weight is 313 g/mol. The van der Waals surface area contributed by atoms with Crippen LogP contribution in [0.3, 0.4) is 0 Å². The molecular formula is C15H25BrN2. The van der Waals surface area contributed by atoms with E-state index in [2.05, 4.69) is 53.4 Å². The van der Waals surface area contributed by atoms with Gasteiger partial charge in [0.25, 0.3) is 0 Å². The molecule has 1 unspecified atom stereocenters. The first-order valence-corrected chi connectivity index (χ1v) is 7.70. The van der Waals surface area contributed by atoms with Crippen LogP contribution in [-0.2, 0) is 0 Å². The standard InChI is InChI=1S/C15H25BrN2/c1-3-4-5-6-7-8-15(18-17)13-11-12(2)9-10-14(13)16/h9-11,15,18H,3-8,17H2,1-2H3. The molecule has 3 heteroatoms. The van der Waals surface area contributed by atoms with E-state index in [1.807, 2.05) is 0 Å². The topological polar surface area (TPSA) is 38.0 Å². The molecule has 0 saturated carbocycles. The Morgan fingerprint density at radius 2 is 1.94 bits per heavy atom. The molecule has 1 aromatic rings. The van der Waals surface area contributed by atoms with Crippen molar-refractivity contribution < 1.29 is 0 Å². The van der Waals surface area contributed by atoms with Gasteiger partial charge in [-0.1, -0.05) is 72.7 Å². The van der Waals surface area contributed by atoms with Crippen molar-refractivity contribution in [1.29, 1.82) is 0 Å². The number of hydrogen-bond donors (Lipinski definition) is 2. The van der Waals surface area contributed by atoms with Crippen LogP contribution < -0.4 is 11.3 Å². The second-order valence-corrected chi connectivity index (χ2v) is 5.80. The van der Waals surface area contributed by atoms with Gasteiger partial charge in [0.1, 0.15) is 0 Å². The van der Waals surface area contributed by atoms with E-state index in [9.17, 15) is 0 Å². The van der Waals surface area contributed by atoms with Crippen molar-refractivity contribution in [3.8, 4) is 0 Å². The van der Waals surface area contributed by atoms with Crippen LogP contribution in [0.5, 0.6) is 0 Å². The SMILES string of the molecule is CCCCCCCC(NN)c1cc(C)ccc1Br. The molecule has 0 heterocycles. The van der Waals surface area contributed by atoms with Crippen molar-refractivity contribution in [2.24, 2.45) is 5.84 Å². The summed E-state index contributed by atoms with van der Waals surface area (Å²) < 4.78 is 1.14. The Balaban J connectivity index is 2.52. The minimum Gasteiger partial charge on any atom is -0.271 e. The third-order valence-electron chi connectivity index (χ3n) is 3.32. The summed E-state index contributed by atoms with van der Waals surface area (Å²) in [4.78, 5) is 0. The smallest absolute Gasteiger partial charge is 0.0471 e. The van der Waals surface area contributed by atoms with Crippen LogP contribution in [0.25, 0.3) is 0 Å². The number of hydrogen-bond acceptors (Lipinski definition) is 2. The van der Waals surface area contributed by atoms with E-state index in [4.69, 9.17) is 5.84 Å². The monoisotopic (exact) mass is 312 g/mol. The van der Waals surface area contributed by atoms with E-state index in [1.165, 1.54) is 43.2 Å². The molecule has 0 saturated heterocycles. The maximum absolute atomic E-state index is 5.69. The van der Waals surface area contributed by atoms with Gasteiger partial charge >= 0.3 is 0 Å². The zero-order valence-electron chi connectivity index (χ0n) is 11.5. The van der Waals surface area contributed by atoms with Gasteiger partial charge in [-0.2, -0.15) is 0 Å². The van der Waals surface area contributed by atoms with Gasteiger partial charge in [0, 0.05) is 10.5 Å².